The number of aromatic nitrogens is 2. The normalized spacial score (nSPS) is 11.0. The average Bonchev–Trinajstić information content (AvgIpc) is 3.00. The molecule has 22 heavy (non-hydrogen) atoms. The van der Waals surface area contributed by atoms with Crippen LogP contribution in [0.1, 0.15) is 22.8 Å². The van der Waals surface area contributed by atoms with Crippen LogP contribution in [0.15, 0.2) is 41.6 Å². The van der Waals surface area contributed by atoms with Crippen molar-refractivity contribution in [1.29, 1.82) is 0 Å². The molecule has 0 aliphatic rings. The lowest BCUT2D eigenvalue weighted by molar-refractivity contribution is 0.0695. The van der Waals surface area contributed by atoms with Crippen molar-refractivity contribution in [3.8, 4) is 5.69 Å². The van der Waals surface area contributed by atoms with Gasteiger partial charge in [0.1, 0.15) is 11.4 Å². The third-order valence-electron chi connectivity index (χ3n) is 3.65. The first-order valence-electron chi connectivity index (χ1n) is 6.78. The van der Waals surface area contributed by atoms with Gasteiger partial charge in [-0.05, 0) is 24.6 Å². The minimum absolute atomic E-state index is 0.0464. The zero-order chi connectivity index (χ0) is 15.9. The zero-order valence-corrected chi connectivity index (χ0v) is 11.8. The zero-order valence-electron chi connectivity index (χ0n) is 11.8. The van der Waals surface area contributed by atoms with Crippen molar-refractivity contribution in [2.75, 3.05) is 0 Å². The Morgan fingerprint density at radius 1 is 1.36 bits per heavy atom. The van der Waals surface area contributed by atoms with E-state index in [1.807, 2.05) is 6.92 Å². The molecule has 3 aromatic rings. The van der Waals surface area contributed by atoms with E-state index in [0.717, 1.165) is 12.3 Å². The Morgan fingerprint density at radius 2 is 2.05 bits per heavy atom. The fraction of sp³-hybridized carbons (Fsp3) is 0.125. The van der Waals surface area contributed by atoms with Crippen LogP contribution in [0.4, 0.5) is 4.39 Å². The molecule has 0 saturated carbocycles. The molecule has 2 heterocycles. The summed E-state index contributed by atoms with van der Waals surface area (Å²) in [5.41, 5.74) is 0.359. The van der Waals surface area contributed by atoms with E-state index in [9.17, 15) is 14.0 Å². The number of benzene rings is 1. The number of pyridine rings is 1. The molecule has 6 heteroatoms. The van der Waals surface area contributed by atoms with Crippen LogP contribution in [0, 0.1) is 5.82 Å². The lowest BCUT2D eigenvalue weighted by atomic mass is 10.0. The maximum absolute atomic E-state index is 14.5. The molecule has 0 spiro atoms. The Balaban J connectivity index is 2.43. The van der Waals surface area contributed by atoms with E-state index >= 15 is 0 Å². The third kappa shape index (κ3) is 2.00. The van der Waals surface area contributed by atoms with E-state index < -0.39 is 22.8 Å². The quantitative estimate of drug-likeness (QED) is 0.781. The van der Waals surface area contributed by atoms with Gasteiger partial charge in [-0.25, -0.2) is 9.18 Å². The van der Waals surface area contributed by atoms with E-state index in [-0.39, 0.29) is 5.39 Å². The van der Waals surface area contributed by atoms with Gasteiger partial charge in [0.2, 0.25) is 5.43 Å². The Kier molecular flexibility index (Phi) is 3.29. The number of carbonyl (C=O) groups is 1. The number of aryl methyl sites for hydroxylation is 1. The van der Waals surface area contributed by atoms with E-state index in [4.69, 9.17) is 5.11 Å². The van der Waals surface area contributed by atoms with Crippen LogP contribution in [-0.4, -0.2) is 20.6 Å². The van der Waals surface area contributed by atoms with E-state index in [1.54, 1.807) is 29.1 Å². The van der Waals surface area contributed by atoms with Gasteiger partial charge in [-0.15, -0.1) is 0 Å². The molecule has 112 valence electrons. The molecule has 3 rings (SSSR count). The summed E-state index contributed by atoms with van der Waals surface area (Å²) in [6, 6.07) is 4.65. The summed E-state index contributed by atoms with van der Waals surface area (Å²) in [6.07, 6.45) is 5.08. The molecule has 1 aromatic carbocycles. The highest BCUT2D eigenvalue weighted by atomic mass is 19.1. The molecule has 2 N–H and O–H groups in total. The van der Waals surface area contributed by atoms with Gasteiger partial charge < -0.3 is 14.7 Å². The molecule has 0 amide bonds. The Hall–Kier alpha value is -2.89. The van der Waals surface area contributed by atoms with Crippen molar-refractivity contribution in [1.82, 2.24) is 9.55 Å². The molecule has 0 aliphatic carbocycles. The highest BCUT2D eigenvalue weighted by Gasteiger charge is 2.18. The van der Waals surface area contributed by atoms with Crippen molar-refractivity contribution in [3.63, 3.8) is 0 Å². The summed E-state index contributed by atoms with van der Waals surface area (Å²) in [5, 5.41) is 9.05. The van der Waals surface area contributed by atoms with Gasteiger partial charge in [0.25, 0.3) is 0 Å². The van der Waals surface area contributed by atoms with Gasteiger partial charge in [0, 0.05) is 29.5 Å². The predicted molar refractivity (Wildman–Crippen MR) is 80.2 cm³/mol. The lowest BCUT2D eigenvalue weighted by Gasteiger charge is -2.14. The van der Waals surface area contributed by atoms with E-state index in [0.29, 0.717) is 23.2 Å². The summed E-state index contributed by atoms with van der Waals surface area (Å²) in [6.45, 7) is 1.85. The Bertz CT molecular complexity index is 927. The van der Waals surface area contributed by atoms with Gasteiger partial charge in [-0.3, -0.25) is 4.79 Å². The average molecular weight is 300 g/mol. The molecule has 0 bridgehead atoms. The predicted octanol–water partition coefficient (Wildman–Crippen LogP) is 2.72. The summed E-state index contributed by atoms with van der Waals surface area (Å²) >= 11 is 0. The van der Waals surface area contributed by atoms with Crippen molar-refractivity contribution in [3.05, 3.63) is 64.0 Å². The Labute approximate surface area is 124 Å². The molecule has 0 radical (unpaired) electrons. The van der Waals surface area contributed by atoms with Gasteiger partial charge in [0.05, 0.1) is 11.2 Å². The maximum Gasteiger partial charge on any atom is 0.341 e. The van der Waals surface area contributed by atoms with E-state index in [1.165, 1.54) is 0 Å². The van der Waals surface area contributed by atoms with Crippen LogP contribution in [0.5, 0.6) is 0 Å². The monoisotopic (exact) mass is 300 g/mol. The number of nitrogens with zero attached hydrogens (tertiary/aromatic N) is 1. The second kappa shape index (κ2) is 5.14. The number of fused-ring (bicyclic) bond motifs is 1. The molecule has 0 saturated heterocycles. The first-order valence-corrected chi connectivity index (χ1v) is 6.78. The number of hydrogen-bond donors (Lipinski definition) is 2. The van der Waals surface area contributed by atoms with Crippen LogP contribution in [0.25, 0.3) is 16.6 Å². The van der Waals surface area contributed by atoms with E-state index in [2.05, 4.69) is 4.98 Å². The van der Waals surface area contributed by atoms with Crippen LogP contribution in [0.2, 0.25) is 0 Å². The molecular formula is C16H13FN2O3. The van der Waals surface area contributed by atoms with Crippen LogP contribution in [0.3, 0.4) is 0 Å². The molecule has 2 aromatic heterocycles. The maximum atomic E-state index is 14.5. The van der Waals surface area contributed by atoms with Crippen molar-refractivity contribution in [2.45, 2.75) is 13.3 Å². The van der Waals surface area contributed by atoms with Gasteiger partial charge >= 0.3 is 5.97 Å². The van der Waals surface area contributed by atoms with Crippen LogP contribution in [-0.2, 0) is 6.42 Å². The van der Waals surface area contributed by atoms with Crippen molar-refractivity contribution < 1.29 is 14.3 Å². The first kappa shape index (κ1) is 14.1. The number of aromatic amines is 1. The molecule has 0 fully saturated rings. The summed E-state index contributed by atoms with van der Waals surface area (Å²) in [7, 11) is 0. The number of hydrogen-bond acceptors (Lipinski definition) is 2. The lowest BCUT2D eigenvalue weighted by Crippen LogP contribution is -2.17. The molecule has 0 aliphatic heterocycles. The fourth-order valence-electron chi connectivity index (χ4n) is 2.66. The second-order valence-corrected chi connectivity index (χ2v) is 4.89. The second-order valence-electron chi connectivity index (χ2n) is 4.89. The van der Waals surface area contributed by atoms with Crippen molar-refractivity contribution in [2.24, 2.45) is 0 Å². The number of carboxylic acid groups (broad SMARTS) is 1. The summed E-state index contributed by atoms with van der Waals surface area (Å²) < 4.78 is 16.2. The number of halogens is 1. The van der Waals surface area contributed by atoms with Crippen LogP contribution < -0.4 is 5.43 Å². The van der Waals surface area contributed by atoms with Gasteiger partial charge in [-0.2, -0.15) is 0 Å². The highest BCUT2D eigenvalue weighted by Crippen LogP contribution is 2.26. The summed E-state index contributed by atoms with van der Waals surface area (Å²) in [5.74, 6) is -1.90. The molecule has 0 unspecified atom stereocenters. The van der Waals surface area contributed by atoms with Crippen LogP contribution >= 0.6 is 0 Å². The third-order valence-corrected chi connectivity index (χ3v) is 3.65. The smallest absolute Gasteiger partial charge is 0.341 e. The largest absolute Gasteiger partial charge is 0.477 e. The molecule has 5 nitrogen and oxygen atoms in total. The highest BCUT2D eigenvalue weighted by molar-refractivity contribution is 5.94. The summed E-state index contributed by atoms with van der Waals surface area (Å²) in [4.78, 5) is 26.1. The molecule has 0 atom stereocenters. The fourth-order valence-corrected chi connectivity index (χ4v) is 2.66. The number of aromatic carboxylic acids is 1. The Morgan fingerprint density at radius 3 is 2.64 bits per heavy atom. The van der Waals surface area contributed by atoms with Gasteiger partial charge in [-0.1, -0.05) is 6.92 Å². The topological polar surface area (TPSA) is 75.1 Å². The number of H-pyrrole nitrogens is 1. The number of carboxylic acids is 1. The first-order chi connectivity index (χ1) is 10.5. The molecular weight excluding hydrogens is 287 g/mol. The van der Waals surface area contributed by atoms with Crippen molar-refractivity contribution >= 4 is 16.9 Å². The number of nitrogens with one attached hydrogen (secondary N) is 1. The minimum atomic E-state index is -1.34. The standard InChI is InChI=1S/C16H13FN2O3/c1-2-9-13-10(15(20)11(8-18-13)16(21)22)7-12(17)14(9)19-5-3-4-6-19/h3-8H,2H2,1H3,(H,18,20)(H,21,22). The van der Waals surface area contributed by atoms with Gasteiger partial charge in [0.15, 0.2) is 0 Å². The SMILES string of the molecule is CCc1c(-n2cccc2)c(F)cc2c(=O)c(C(=O)O)c[nH]c12. The minimum Gasteiger partial charge on any atom is -0.477 e. The number of rotatable bonds is 3.